The van der Waals surface area contributed by atoms with Crippen LogP contribution in [0.4, 0.5) is 13.2 Å². The molecule has 2 aromatic heterocycles. The van der Waals surface area contributed by atoms with Crippen molar-refractivity contribution in [1.29, 1.82) is 0 Å². The number of aliphatic hydroxyl groups is 1. The Morgan fingerprint density at radius 3 is 2.24 bits per heavy atom. The van der Waals surface area contributed by atoms with E-state index in [0.29, 0.717) is 12.1 Å². The van der Waals surface area contributed by atoms with Crippen LogP contribution < -0.4 is 15.4 Å². The number of thiazole rings is 1. The molecule has 0 aliphatic carbocycles. The summed E-state index contributed by atoms with van der Waals surface area (Å²) in [6.45, 7) is 12.8. The zero-order valence-electron chi connectivity index (χ0n) is 40.9. The SMILES string of the molecule is Cc1ncsc1-c1ccc(CNC(=O)[C@@H]2C[C@@H](O)CN2C(=O)C(NC(=O)COCCOCCOCCOc2cc(F)c([C@@H]3c4[nH]c5ccccc5c4C[C@@H](C)N3CC(C)(C)F)c(F)c2)C(C)(C)C)cc1. The predicted octanol–water partition coefficient (Wildman–Crippen LogP) is 7.20. The van der Waals surface area contributed by atoms with Crippen LogP contribution >= 0.6 is 11.3 Å². The fourth-order valence-electron chi connectivity index (χ4n) is 9.21. The van der Waals surface area contributed by atoms with E-state index < -0.39 is 64.7 Å². The number of hydrogen-bond acceptors (Lipinski definition) is 11. The molecule has 5 aromatic rings. The Labute approximate surface area is 411 Å². The van der Waals surface area contributed by atoms with Crippen LogP contribution in [0.5, 0.6) is 5.75 Å². The number of carbonyl (C=O) groups is 3. The maximum absolute atomic E-state index is 16.0. The molecule has 0 spiro atoms. The Bertz CT molecular complexity index is 2570. The molecule has 0 saturated carbocycles. The molecular weight excluding hydrogens is 926 g/mol. The van der Waals surface area contributed by atoms with E-state index in [1.165, 1.54) is 18.7 Å². The monoisotopic (exact) mass is 990 g/mol. The number of para-hydroxylation sites is 1. The Balaban J connectivity index is 0.808. The molecule has 3 aromatic carbocycles. The van der Waals surface area contributed by atoms with Gasteiger partial charge in [-0.3, -0.25) is 19.3 Å². The third-order valence-electron chi connectivity index (χ3n) is 12.6. The molecule has 7 rings (SSSR count). The number of H-pyrrole nitrogens is 1. The van der Waals surface area contributed by atoms with Gasteiger partial charge in [0.1, 0.15) is 48.4 Å². The van der Waals surface area contributed by atoms with Gasteiger partial charge in [-0.15, -0.1) is 11.3 Å². The van der Waals surface area contributed by atoms with Crippen molar-refractivity contribution in [3.05, 3.63) is 106 Å². The number of alkyl halides is 1. The third kappa shape index (κ3) is 12.9. The molecule has 0 radical (unpaired) electrons. The maximum Gasteiger partial charge on any atom is 0.246 e. The van der Waals surface area contributed by atoms with Crippen LogP contribution in [0.2, 0.25) is 0 Å². The van der Waals surface area contributed by atoms with Crippen LogP contribution in [-0.4, -0.2) is 132 Å². The number of amides is 3. The van der Waals surface area contributed by atoms with Gasteiger partial charge < -0.3 is 44.6 Å². The molecule has 1 unspecified atom stereocenters. The number of nitrogens with one attached hydrogen (secondary N) is 3. The molecule has 14 nitrogen and oxygen atoms in total. The normalized spacial score (nSPS) is 19.0. The van der Waals surface area contributed by atoms with E-state index in [9.17, 15) is 19.5 Å². The number of carbonyl (C=O) groups excluding carboxylic acids is 3. The van der Waals surface area contributed by atoms with E-state index in [0.717, 1.165) is 50.3 Å². The van der Waals surface area contributed by atoms with Gasteiger partial charge in [-0.05, 0) is 62.3 Å². The molecule has 1 fully saturated rings. The van der Waals surface area contributed by atoms with Gasteiger partial charge in [0, 0.05) is 66.4 Å². The van der Waals surface area contributed by atoms with E-state index >= 15 is 13.2 Å². The number of aryl methyl sites for hydroxylation is 1. The van der Waals surface area contributed by atoms with Crippen molar-refractivity contribution >= 4 is 40.0 Å². The lowest BCUT2D eigenvalue weighted by molar-refractivity contribution is -0.144. The minimum Gasteiger partial charge on any atom is -0.491 e. The Morgan fingerprint density at radius 1 is 0.943 bits per heavy atom. The van der Waals surface area contributed by atoms with Crippen LogP contribution in [0.1, 0.15) is 82.1 Å². The van der Waals surface area contributed by atoms with Gasteiger partial charge in [0.25, 0.3) is 0 Å². The number of likely N-dealkylation sites (tertiary alicyclic amines) is 1. The largest absolute Gasteiger partial charge is 0.491 e. The maximum atomic E-state index is 16.0. The topological polar surface area (TPSA) is 168 Å². The number of fused-ring (bicyclic) bond motifs is 3. The molecule has 3 amide bonds. The van der Waals surface area contributed by atoms with Crippen molar-refractivity contribution in [2.75, 3.05) is 59.3 Å². The number of β-amino-alcohol motifs (C(OH)–C–C–N with tert-alkyl or cyclic N) is 1. The van der Waals surface area contributed by atoms with E-state index in [1.807, 2.05) is 67.3 Å². The molecule has 0 bridgehead atoms. The van der Waals surface area contributed by atoms with Crippen molar-refractivity contribution in [2.45, 2.75) is 104 Å². The highest BCUT2D eigenvalue weighted by molar-refractivity contribution is 7.13. The lowest BCUT2D eigenvalue weighted by atomic mass is 9.85. The number of aliphatic hydroxyl groups excluding tert-OH is 1. The minimum absolute atomic E-state index is 0.00498. The fraction of sp³-hybridized carbons (Fsp3) is 0.500. The number of hydrogen-bond donors (Lipinski definition) is 4. The highest BCUT2D eigenvalue weighted by Crippen LogP contribution is 2.44. The summed E-state index contributed by atoms with van der Waals surface area (Å²) in [5.41, 5.74) is 4.60. The Kier molecular flexibility index (Phi) is 17.1. The summed E-state index contributed by atoms with van der Waals surface area (Å²) in [6.07, 6.45) is -0.227. The first-order valence-electron chi connectivity index (χ1n) is 23.7. The second-order valence-electron chi connectivity index (χ2n) is 19.8. The number of aromatic amines is 1. The number of halogens is 3. The molecule has 18 heteroatoms. The first-order valence-corrected chi connectivity index (χ1v) is 24.6. The number of aromatic nitrogens is 2. The molecule has 2 aliphatic rings. The van der Waals surface area contributed by atoms with Crippen LogP contribution in [0.25, 0.3) is 21.3 Å². The highest BCUT2D eigenvalue weighted by atomic mass is 32.1. The quantitative estimate of drug-likeness (QED) is 0.0553. The average Bonchev–Trinajstić information content (AvgIpc) is 4.02. The molecule has 378 valence electrons. The predicted molar refractivity (Wildman–Crippen MR) is 261 cm³/mol. The van der Waals surface area contributed by atoms with E-state index in [2.05, 4.69) is 20.6 Å². The number of nitrogens with zero attached hydrogens (tertiary/aromatic N) is 3. The van der Waals surface area contributed by atoms with Gasteiger partial charge in [-0.2, -0.15) is 0 Å². The van der Waals surface area contributed by atoms with Gasteiger partial charge in [0.05, 0.1) is 61.3 Å². The van der Waals surface area contributed by atoms with Gasteiger partial charge in [-0.1, -0.05) is 63.2 Å². The molecule has 4 heterocycles. The van der Waals surface area contributed by atoms with Crippen LogP contribution in [0.3, 0.4) is 0 Å². The summed E-state index contributed by atoms with van der Waals surface area (Å²) < 4.78 is 69.4. The molecule has 1 saturated heterocycles. The number of rotatable bonds is 21. The zero-order valence-corrected chi connectivity index (χ0v) is 41.7. The lowest BCUT2D eigenvalue weighted by Crippen LogP contribution is -2.58. The molecule has 70 heavy (non-hydrogen) atoms. The second kappa shape index (κ2) is 22.8. The van der Waals surface area contributed by atoms with Gasteiger partial charge in [-0.25, -0.2) is 18.2 Å². The molecule has 5 atom stereocenters. The summed E-state index contributed by atoms with van der Waals surface area (Å²) in [4.78, 5) is 52.3. The summed E-state index contributed by atoms with van der Waals surface area (Å²) in [6, 6.07) is 14.8. The van der Waals surface area contributed by atoms with Gasteiger partial charge >= 0.3 is 0 Å². The summed E-state index contributed by atoms with van der Waals surface area (Å²) in [5, 5.41) is 17.2. The molecular formula is C52H65F3N6O8S. The van der Waals surface area contributed by atoms with Crippen molar-refractivity contribution in [3.8, 4) is 16.2 Å². The lowest BCUT2D eigenvalue weighted by Gasteiger charge is -2.43. The first kappa shape index (κ1) is 52.5. The Hall–Kier alpha value is -5.37. The van der Waals surface area contributed by atoms with E-state index in [1.54, 1.807) is 37.6 Å². The van der Waals surface area contributed by atoms with Crippen molar-refractivity contribution in [3.63, 3.8) is 0 Å². The Morgan fingerprint density at radius 2 is 1.60 bits per heavy atom. The van der Waals surface area contributed by atoms with Crippen molar-refractivity contribution in [2.24, 2.45) is 5.41 Å². The van der Waals surface area contributed by atoms with E-state index in [4.69, 9.17) is 18.9 Å². The first-order chi connectivity index (χ1) is 33.3. The molecule has 4 N–H and O–H groups in total. The van der Waals surface area contributed by atoms with Crippen molar-refractivity contribution < 1.29 is 51.6 Å². The van der Waals surface area contributed by atoms with Crippen LogP contribution in [0, 0.1) is 24.0 Å². The number of benzene rings is 3. The number of ether oxygens (including phenoxy) is 4. The van der Waals surface area contributed by atoms with Crippen molar-refractivity contribution in [1.82, 2.24) is 30.4 Å². The summed E-state index contributed by atoms with van der Waals surface area (Å²) in [7, 11) is 0. The van der Waals surface area contributed by atoms with Crippen LogP contribution in [0.15, 0.2) is 66.2 Å². The minimum atomic E-state index is -1.61. The highest BCUT2D eigenvalue weighted by Gasteiger charge is 2.45. The van der Waals surface area contributed by atoms with Gasteiger partial charge in [0.2, 0.25) is 17.7 Å². The summed E-state index contributed by atoms with van der Waals surface area (Å²) in [5.74, 6) is -3.01. The average molecular weight is 991 g/mol. The standard InChI is InChI=1S/C52H65F3N6O8S/c1-31-22-38-37-10-8-9-11-41(37)58-45(38)46(61(31)29-52(6,7)55)44-39(53)24-36(25-40(44)54)69-21-20-67-17-16-66-18-19-68-28-43(63)59-48(51(3,4)5)50(65)60-27-35(62)23-42(60)49(64)56-26-33-12-14-34(15-13-33)47-32(2)57-30-70-47/h8-15,24-25,30-31,35,42,46,48,58,62H,16-23,26-29H2,1-7H3,(H,56,64)(H,59,63)/t31-,35-,42+,46-,48?/m1/s1. The van der Waals surface area contributed by atoms with E-state index in [-0.39, 0.29) is 89.7 Å². The fourth-order valence-corrected chi connectivity index (χ4v) is 10.0. The zero-order chi connectivity index (χ0) is 50.3. The smallest absolute Gasteiger partial charge is 0.246 e. The van der Waals surface area contributed by atoms with Crippen LogP contribution in [-0.2, 0) is 41.6 Å². The third-order valence-corrected chi connectivity index (χ3v) is 13.6. The second-order valence-corrected chi connectivity index (χ2v) is 20.6. The molecule has 2 aliphatic heterocycles. The van der Waals surface area contributed by atoms with Gasteiger partial charge in [0.15, 0.2) is 0 Å². The summed E-state index contributed by atoms with van der Waals surface area (Å²) >= 11 is 1.56.